The number of benzene rings is 1. The molecule has 0 bridgehead atoms. The van der Waals surface area contributed by atoms with Gasteiger partial charge in [-0.3, -0.25) is 4.90 Å². The summed E-state index contributed by atoms with van der Waals surface area (Å²) in [6.45, 7) is 9.05. The largest absolute Gasteiger partial charge is 0.383 e. The zero-order valence-electron chi connectivity index (χ0n) is 13.0. The van der Waals surface area contributed by atoms with Crippen LogP contribution >= 0.6 is 11.6 Å². The highest BCUT2D eigenvalue weighted by Gasteiger charge is 2.24. The Kier molecular flexibility index (Phi) is 7.52. The van der Waals surface area contributed by atoms with E-state index in [4.69, 9.17) is 22.1 Å². The van der Waals surface area contributed by atoms with Gasteiger partial charge in [0.15, 0.2) is 0 Å². The molecule has 20 heavy (non-hydrogen) atoms. The van der Waals surface area contributed by atoms with Crippen LogP contribution in [-0.2, 0) is 4.74 Å². The molecule has 3 nitrogen and oxygen atoms in total. The molecule has 0 radical (unpaired) electrons. The number of rotatable bonds is 8. The Hall–Kier alpha value is -0.610. The fourth-order valence-electron chi connectivity index (χ4n) is 2.56. The number of halogens is 1. The van der Waals surface area contributed by atoms with Crippen LogP contribution in [0.25, 0.3) is 0 Å². The third kappa shape index (κ3) is 5.41. The van der Waals surface area contributed by atoms with Gasteiger partial charge in [-0.1, -0.05) is 37.6 Å². The van der Waals surface area contributed by atoms with E-state index in [1.807, 2.05) is 25.1 Å². The van der Waals surface area contributed by atoms with Crippen LogP contribution in [0.4, 0.5) is 0 Å². The van der Waals surface area contributed by atoms with Crippen LogP contribution in [0, 0.1) is 5.92 Å². The highest BCUT2D eigenvalue weighted by Crippen LogP contribution is 2.26. The smallest absolute Gasteiger partial charge is 0.0589 e. The molecule has 0 aliphatic rings. The summed E-state index contributed by atoms with van der Waals surface area (Å²) < 4.78 is 5.23. The highest BCUT2D eigenvalue weighted by molar-refractivity contribution is 6.30. The first-order valence-electron chi connectivity index (χ1n) is 7.19. The fourth-order valence-corrected chi connectivity index (χ4v) is 2.76. The van der Waals surface area contributed by atoms with Crippen LogP contribution < -0.4 is 5.73 Å². The van der Waals surface area contributed by atoms with E-state index in [-0.39, 0.29) is 12.1 Å². The monoisotopic (exact) mass is 298 g/mol. The van der Waals surface area contributed by atoms with Crippen molar-refractivity contribution in [2.75, 3.05) is 26.8 Å². The first kappa shape index (κ1) is 17.4. The maximum Gasteiger partial charge on any atom is 0.0589 e. The minimum Gasteiger partial charge on any atom is -0.383 e. The van der Waals surface area contributed by atoms with Crippen LogP contribution in [-0.4, -0.2) is 37.7 Å². The number of methoxy groups -OCH3 is 1. The third-order valence-corrected chi connectivity index (χ3v) is 3.50. The SMILES string of the molecule is COCCN(CC(C)C)C(c1cccc(Cl)c1)C(C)N. The Morgan fingerprint density at radius 2 is 2.00 bits per heavy atom. The summed E-state index contributed by atoms with van der Waals surface area (Å²) in [5.41, 5.74) is 7.41. The van der Waals surface area contributed by atoms with Gasteiger partial charge in [-0.2, -0.15) is 0 Å². The van der Waals surface area contributed by atoms with Gasteiger partial charge in [0, 0.05) is 37.3 Å². The summed E-state index contributed by atoms with van der Waals surface area (Å²) in [5.74, 6) is 0.576. The second kappa shape index (κ2) is 8.63. The molecule has 0 aromatic heterocycles. The predicted octanol–water partition coefficient (Wildman–Crippen LogP) is 3.33. The summed E-state index contributed by atoms with van der Waals surface area (Å²) in [7, 11) is 1.73. The van der Waals surface area contributed by atoms with Gasteiger partial charge in [-0.25, -0.2) is 0 Å². The molecule has 1 aromatic carbocycles. The molecule has 2 N–H and O–H groups in total. The fraction of sp³-hybridized carbons (Fsp3) is 0.625. The molecule has 0 saturated heterocycles. The molecule has 0 heterocycles. The summed E-state index contributed by atoms with van der Waals surface area (Å²) >= 11 is 6.12. The molecule has 0 aliphatic heterocycles. The average molecular weight is 299 g/mol. The molecule has 2 atom stereocenters. The Morgan fingerprint density at radius 1 is 1.30 bits per heavy atom. The molecule has 0 spiro atoms. The van der Waals surface area contributed by atoms with E-state index in [1.54, 1.807) is 7.11 Å². The van der Waals surface area contributed by atoms with Crippen LogP contribution in [0.1, 0.15) is 32.4 Å². The lowest BCUT2D eigenvalue weighted by atomic mass is 9.98. The number of nitrogens with zero attached hydrogens (tertiary/aromatic N) is 1. The lowest BCUT2D eigenvalue weighted by molar-refractivity contribution is 0.101. The first-order valence-corrected chi connectivity index (χ1v) is 7.57. The Morgan fingerprint density at radius 3 is 2.50 bits per heavy atom. The van der Waals surface area contributed by atoms with Crippen molar-refractivity contribution in [3.05, 3.63) is 34.9 Å². The maximum absolute atomic E-state index is 6.24. The van der Waals surface area contributed by atoms with Gasteiger partial charge in [-0.05, 0) is 30.5 Å². The molecule has 4 heteroatoms. The van der Waals surface area contributed by atoms with Gasteiger partial charge in [0.2, 0.25) is 0 Å². The molecular weight excluding hydrogens is 272 g/mol. The zero-order valence-corrected chi connectivity index (χ0v) is 13.7. The number of nitrogens with two attached hydrogens (primary N) is 1. The van der Waals surface area contributed by atoms with E-state index in [0.717, 1.165) is 18.1 Å². The van der Waals surface area contributed by atoms with Crippen molar-refractivity contribution in [3.63, 3.8) is 0 Å². The standard InChI is InChI=1S/C16H27ClN2O/c1-12(2)11-19(8-9-20-4)16(13(3)18)14-6-5-7-15(17)10-14/h5-7,10,12-13,16H,8-9,11,18H2,1-4H3. The molecule has 114 valence electrons. The van der Waals surface area contributed by atoms with Crippen LogP contribution in [0.15, 0.2) is 24.3 Å². The van der Waals surface area contributed by atoms with Crippen molar-refractivity contribution in [1.29, 1.82) is 0 Å². The molecule has 0 saturated carbocycles. The van der Waals surface area contributed by atoms with Crippen molar-refractivity contribution >= 4 is 11.6 Å². The zero-order chi connectivity index (χ0) is 15.1. The van der Waals surface area contributed by atoms with Crippen LogP contribution in [0.5, 0.6) is 0 Å². The molecule has 0 aliphatic carbocycles. The van der Waals surface area contributed by atoms with Crippen molar-refractivity contribution in [2.24, 2.45) is 11.7 Å². The summed E-state index contributed by atoms with van der Waals surface area (Å²) in [4.78, 5) is 2.39. The van der Waals surface area contributed by atoms with Crippen LogP contribution in [0.3, 0.4) is 0 Å². The highest BCUT2D eigenvalue weighted by atomic mass is 35.5. The van der Waals surface area contributed by atoms with E-state index in [0.29, 0.717) is 12.5 Å². The minimum absolute atomic E-state index is 0.0315. The van der Waals surface area contributed by atoms with Crippen molar-refractivity contribution in [1.82, 2.24) is 4.90 Å². The van der Waals surface area contributed by atoms with Crippen LogP contribution in [0.2, 0.25) is 5.02 Å². The molecule has 1 rings (SSSR count). The van der Waals surface area contributed by atoms with Crippen molar-refractivity contribution < 1.29 is 4.74 Å². The first-order chi connectivity index (χ1) is 9.45. The molecule has 0 fully saturated rings. The number of hydrogen-bond donors (Lipinski definition) is 1. The molecule has 1 aromatic rings. The maximum atomic E-state index is 6.24. The summed E-state index contributed by atoms with van der Waals surface area (Å²) in [6.07, 6.45) is 0. The second-order valence-electron chi connectivity index (χ2n) is 5.74. The topological polar surface area (TPSA) is 38.5 Å². The van der Waals surface area contributed by atoms with E-state index in [1.165, 1.54) is 5.56 Å². The molecule has 2 unspecified atom stereocenters. The van der Waals surface area contributed by atoms with Crippen molar-refractivity contribution in [2.45, 2.75) is 32.9 Å². The van der Waals surface area contributed by atoms with Gasteiger partial charge in [-0.15, -0.1) is 0 Å². The number of ether oxygens (including phenoxy) is 1. The summed E-state index contributed by atoms with van der Waals surface area (Å²) in [6, 6.07) is 8.17. The Labute approximate surface area is 128 Å². The van der Waals surface area contributed by atoms with Gasteiger partial charge in [0.1, 0.15) is 0 Å². The summed E-state index contributed by atoms with van der Waals surface area (Å²) in [5, 5.41) is 0.754. The lowest BCUT2D eigenvalue weighted by Crippen LogP contribution is -2.42. The lowest BCUT2D eigenvalue weighted by Gasteiger charge is -2.35. The van der Waals surface area contributed by atoms with E-state index in [9.17, 15) is 0 Å². The van der Waals surface area contributed by atoms with Gasteiger partial charge >= 0.3 is 0 Å². The average Bonchev–Trinajstić information content (AvgIpc) is 2.35. The van der Waals surface area contributed by atoms with Gasteiger partial charge in [0.25, 0.3) is 0 Å². The molecular formula is C16H27ClN2O. The second-order valence-corrected chi connectivity index (χ2v) is 6.18. The number of hydrogen-bond acceptors (Lipinski definition) is 3. The minimum atomic E-state index is 0.0315. The predicted molar refractivity (Wildman–Crippen MR) is 86.1 cm³/mol. The quantitative estimate of drug-likeness (QED) is 0.800. The van der Waals surface area contributed by atoms with Crippen molar-refractivity contribution in [3.8, 4) is 0 Å². The third-order valence-electron chi connectivity index (χ3n) is 3.26. The Bertz CT molecular complexity index is 396. The van der Waals surface area contributed by atoms with Gasteiger partial charge < -0.3 is 10.5 Å². The van der Waals surface area contributed by atoms with Gasteiger partial charge in [0.05, 0.1) is 6.61 Å². The van der Waals surface area contributed by atoms with E-state index in [2.05, 4.69) is 24.8 Å². The normalized spacial score (nSPS) is 14.8. The molecule has 0 amide bonds. The van der Waals surface area contributed by atoms with E-state index < -0.39 is 0 Å². The Balaban J connectivity index is 3.00. The van der Waals surface area contributed by atoms with E-state index >= 15 is 0 Å².